The van der Waals surface area contributed by atoms with Crippen molar-refractivity contribution in [1.82, 2.24) is 4.98 Å². The highest BCUT2D eigenvalue weighted by molar-refractivity contribution is 5.90. The van der Waals surface area contributed by atoms with Crippen LogP contribution in [0, 0.1) is 0 Å². The van der Waals surface area contributed by atoms with E-state index in [4.69, 9.17) is 5.11 Å². The predicted molar refractivity (Wildman–Crippen MR) is 69.8 cm³/mol. The number of nitrogens with zero attached hydrogens (tertiary/aromatic N) is 2. The molecule has 18 heavy (non-hydrogen) atoms. The Labute approximate surface area is 107 Å². The molecule has 0 saturated heterocycles. The standard InChI is InChI=1S/C13H20N2O3/c1-3-4-7-15(8-9-16)12-10-11(5-6-14-12)13(17)18-2/h5-6,10,16H,3-4,7-9H2,1-2H3. The van der Waals surface area contributed by atoms with Crippen LogP contribution >= 0.6 is 0 Å². The Morgan fingerprint density at radius 1 is 1.50 bits per heavy atom. The summed E-state index contributed by atoms with van der Waals surface area (Å²) in [4.78, 5) is 17.6. The van der Waals surface area contributed by atoms with Crippen molar-refractivity contribution < 1.29 is 14.6 Å². The maximum Gasteiger partial charge on any atom is 0.338 e. The van der Waals surface area contributed by atoms with Crippen LogP contribution in [0.5, 0.6) is 0 Å². The second-order valence-electron chi connectivity index (χ2n) is 3.96. The Morgan fingerprint density at radius 2 is 2.28 bits per heavy atom. The van der Waals surface area contributed by atoms with Gasteiger partial charge in [-0.1, -0.05) is 13.3 Å². The minimum absolute atomic E-state index is 0.0633. The molecule has 0 radical (unpaired) electrons. The number of ether oxygens (including phenoxy) is 1. The first kappa shape index (κ1) is 14.4. The fourth-order valence-corrected chi connectivity index (χ4v) is 1.65. The van der Waals surface area contributed by atoms with Crippen LogP contribution < -0.4 is 4.90 Å². The van der Waals surface area contributed by atoms with Gasteiger partial charge < -0.3 is 14.7 Å². The summed E-state index contributed by atoms with van der Waals surface area (Å²) in [7, 11) is 1.35. The number of anilines is 1. The summed E-state index contributed by atoms with van der Waals surface area (Å²) in [6, 6.07) is 3.31. The van der Waals surface area contributed by atoms with Gasteiger partial charge in [-0.15, -0.1) is 0 Å². The number of pyridine rings is 1. The maximum absolute atomic E-state index is 11.4. The number of hydrogen-bond acceptors (Lipinski definition) is 5. The highest BCUT2D eigenvalue weighted by Crippen LogP contribution is 2.14. The van der Waals surface area contributed by atoms with Crippen LogP contribution in [-0.4, -0.2) is 42.9 Å². The molecule has 5 nitrogen and oxygen atoms in total. The van der Waals surface area contributed by atoms with Gasteiger partial charge in [0.2, 0.25) is 0 Å². The lowest BCUT2D eigenvalue weighted by Crippen LogP contribution is -2.28. The number of carbonyl (C=O) groups is 1. The minimum atomic E-state index is -0.377. The first-order valence-corrected chi connectivity index (χ1v) is 6.13. The summed E-state index contributed by atoms with van der Waals surface area (Å²) in [6.07, 6.45) is 3.67. The lowest BCUT2D eigenvalue weighted by Gasteiger charge is -2.22. The fourth-order valence-electron chi connectivity index (χ4n) is 1.65. The third kappa shape index (κ3) is 4.00. The van der Waals surface area contributed by atoms with E-state index in [1.165, 1.54) is 7.11 Å². The van der Waals surface area contributed by atoms with E-state index < -0.39 is 0 Å². The quantitative estimate of drug-likeness (QED) is 0.744. The smallest absolute Gasteiger partial charge is 0.338 e. The van der Waals surface area contributed by atoms with Gasteiger partial charge in [-0.3, -0.25) is 0 Å². The van der Waals surface area contributed by atoms with Gasteiger partial charge in [0.25, 0.3) is 0 Å². The average Bonchev–Trinajstić information content (AvgIpc) is 2.42. The van der Waals surface area contributed by atoms with E-state index in [9.17, 15) is 4.79 Å². The van der Waals surface area contributed by atoms with Crippen LogP contribution in [0.4, 0.5) is 5.82 Å². The predicted octanol–water partition coefficient (Wildman–Crippen LogP) is 1.47. The number of hydrogen-bond donors (Lipinski definition) is 1. The van der Waals surface area contributed by atoms with Crippen molar-refractivity contribution in [1.29, 1.82) is 0 Å². The molecule has 0 fully saturated rings. The van der Waals surface area contributed by atoms with Crippen molar-refractivity contribution >= 4 is 11.8 Å². The third-order valence-corrected chi connectivity index (χ3v) is 2.64. The molecule has 0 atom stereocenters. The number of rotatable bonds is 7. The van der Waals surface area contributed by atoms with Crippen LogP contribution in [0.3, 0.4) is 0 Å². The fraction of sp³-hybridized carbons (Fsp3) is 0.538. The number of unbranched alkanes of at least 4 members (excludes halogenated alkanes) is 1. The highest BCUT2D eigenvalue weighted by Gasteiger charge is 2.11. The van der Waals surface area contributed by atoms with Crippen molar-refractivity contribution in [3.8, 4) is 0 Å². The summed E-state index contributed by atoms with van der Waals surface area (Å²) in [5.41, 5.74) is 0.474. The Kier molecular flexibility index (Phi) is 6.14. The third-order valence-electron chi connectivity index (χ3n) is 2.64. The van der Waals surface area contributed by atoms with Gasteiger partial charge >= 0.3 is 5.97 Å². The second kappa shape index (κ2) is 7.66. The molecule has 0 amide bonds. The van der Waals surface area contributed by atoms with E-state index in [0.717, 1.165) is 19.4 Å². The lowest BCUT2D eigenvalue weighted by molar-refractivity contribution is 0.0600. The number of aliphatic hydroxyl groups excluding tert-OH is 1. The molecule has 0 bridgehead atoms. The molecule has 0 aliphatic heterocycles. The monoisotopic (exact) mass is 252 g/mol. The molecule has 0 aliphatic carbocycles. The summed E-state index contributed by atoms with van der Waals surface area (Å²) in [6.45, 7) is 3.50. The molecule has 0 unspecified atom stereocenters. The molecular formula is C13H20N2O3. The Balaban J connectivity index is 2.86. The van der Waals surface area contributed by atoms with E-state index >= 15 is 0 Å². The zero-order chi connectivity index (χ0) is 13.4. The Hall–Kier alpha value is -1.62. The molecule has 1 heterocycles. The summed E-state index contributed by atoms with van der Waals surface area (Å²) in [5.74, 6) is 0.318. The van der Waals surface area contributed by atoms with E-state index in [-0.39, 0.29) is 12.6 Å². The average molecular weight is 252 g/mol. The first-order chi connectivity index (χ1) is 8.72. The number of aliphatic hydroxyl groups is 1. The van der Waals surface area contributed by atoms with E-state index in [2.05, 4.69) is 16.6 Å². The van der Waals surface area contributed by atoms with Crippen molar-refractivity contribution in [2.45, 2.75) is 19.8 Å². The first-order valence-electron chi connectivity index (χ1n) is 6.13. The van der Waals surface area contributed by atoms with Crippen molar-refractivity contribution in [2.24, 2.45) is 0 Å². The molecular weight excluding hydrogens is 232 g/mol. The number of carbonyl (C=O) groups excluding carboxylic acids is 1. The van der Waals surface area contributed by atoms with Crippen molar-refractivity contribution in [3.63, 3.8) is 0 Å². The zero-order valence-corrected chi connectivity index (χ0v) is 10.9. The molecule has 1 rings (SSSR count). The summed E-state index contributed by atoms with van der Waals surface area (Å²) >= 11 is 0. The number of aromatic nitrogens is 1. The molecule has 1 N–H and O–H groups in total. The van der Waals surface area contributed by atoms with Gasteiger partial charge in [-0.2, -0.15) is 0 Å². The Bertz CT molecular complexity index is 382. The number of methoxy groups -OCH3 is 1. The normalized spacial score (nSPS) is 10.2. The van der Waals surface area contributed by atoms with Gasteiger partial charge in [0, 0.05) is 19.3 Å². The SMILES string of the molecule is CCCCN(CCO)c1cc(C(=O)OC)ccn1. The molecule has 0 aliphatic rings. The Morgan fingerprint density at radius 3 is 2.89 bits per heavy atom. The van der Waals surface area contributed by atoms with Crippen LogP contribution in [-0.2, 0) is 4.74 Å². The molecule has 0 aromatic carbocycles. The van der Waals surface area contributed by atoms with Gasteiger partial charge in [0.15, 0.2) is 0 Å². The number of esters is 1. The molecule has 1 aromatic rings. The van der Waals surface area contributed by atoms with Crippen molar-refractivity contribution in [3.05, 3.63) is 23.9 Å². The highest BCUT2D eigenvalue weighted by atomic mass is 16.5. The summed E-state index contributed by atoms with van der Waals surface area (Å²) in [5, 5.41) is 9.06. The molecule has 100 valence electrons. The van der Waals surface area contributed by atoms with Crippen LogP contribution in [0.2, 0.25) is 0 Å². The van der Waals surface area contributed by atoms with Gasteiger partial charge in [0.1, 0.15) is 5.82 Å². The van der Waals surface area contributed by atoms with E-state index in [1.54, 1.807) is 18.3 Å². The van der Waals surface area contributed by atoms with E-state index in [1.807, 2.05) is 4.90 Å². The largest absolute Gasteiger partial charge is 0.465 e. The second-order valence-corrected chi connectivity index (χ2v) is 3.96. The maximum atomic E-state index is 11.4. The van der Waals surface area contributed by atoms with Crippen LogP contribution in [0.1, 0.15) is 30.1 Å². The van der Waals surface area contributed by atoms with Gasteiger partial charge in [0.05, 0.1) is 19.3 Å². The molecule has 5 heteroatoms. The van der Waals surface area contributed by atoms with Gasteiger partial charge in [-0.05, 0) is 18.6 Å². The molecule has 0 saturated carbocycles. The molecule has 1 aromatic heterocycles. The topological polar surface area (TPSA) is 62.7 Å². The van der Waals surface area contributed by atoms with Crippen molar-refractivity contribution in [2.75, 3.05) is 31.7 Å². The lowest BCUT2D eigenvalue weighted by atomic mass is 10.2. The summed E-state index contributed by atoms with van der Waals surface area (Å²) < 4.78 is 4.68. The van der Waals surface area contributed by atoms with E-state index in [0.29, 0.717) is 17.9 Å². The van der Waals surface area contributed by atoms with Gasteiger partial charge in [-0.25, -0.2) is 9.78 Å². The molecule has 0 spiro atoms. The zero-order valence-electron chi connectivity index (χ0n) is 10.9. The van der Waals surface area contributed by atoms with Crippen LogP contribution in [0.25, 0.3) is 0 Å². The minimum Gasteiger partial charge on any atom is -0.465 e. The van der Waals surface area contributed by atoms with Crippen LogP contribution in [0.15, 0.2) is 18.3 Å².